The van der Waals surface area contributed by atoms with Crippen molar-refractivity contribution in [2.45, 2.75) is 25.2 Å². The Balaban J connectivity index is 1.88. The molecule has 128 valence electrons. The number of carbonyl (C=O) groups is 1. The van der Waals surface area contributed by atoms with Crippen molar-refractivity contribution < 1.29 is 13.2 Å². The fourth-order valence-corrected chi connectivity index (χ4v) is 4.11. The molecule has 0 spiro atoms. The molecule has 0 radical (unpaired) electrons. The molecule has 0 N–H and O–H groups in total. The second kappa shape index (κ2) is 6.64. The molecule has 0 fully saturated rings. The first kappa shape index (κ1) is 17.1. The number of carbonyl (C=O) groups excluding carboxylic acids is 1. The van der Waals surface area contributed by atoms with Crippen LogP contribution in [0.2, 0.25) is 0 Å². The highest BCUT2D eigenvalue weighted by molar-refractivity contribution is 7.90. The molecule has 2 aromatic heterocycles. The van der Waals surface area contributed by atoms with Gasteiger partial charge in [-0.1, -0.05) is 18.2 Å². The van der Waals surface area contributed by atoms with E-state index in [2.05, 4.69) is 4.98 Å². The molecule has 2 heterocycles. The Morgan fingerprint density at radius 3 is 2.60 bits per heavy atom. The van der Waals surface area contributed by atoms with Crippen LogP contribution >= 0.6 is 0 Å². The maximum Gasteiger partial charge on any atom is 0.267 e. The molecule has 0 saturated carbocycles. The van der Waals surface area contributed by atoms with Crippen LogP contribution in [0.3, 0.4) is 0 Å². The molecule has 3 aromatic rings. The zero-order valence-electron chi connectivity index (χ0n) is 14.0. The van der Waals surface area contributed by atoms with Gasteiger partial charge in [-0.25, -0.2) is 12.4 Å². The molecule has 0 amide bonds. The van der Waals surface area contributed by atoms with Crippen molar-refractivity contribution in [2.75, 3.05) is 0 Å². The molecular formula is C19H18N2O3S. The average Bonchev–Trinajstić information content (AvgIpc) is 3.07. The van der Waals surface area contributed by atoms with E-state index >= 15 is 0 Å². The van der Waals surface area contributed by atoms with Crippen LogP contribution < -0.4 is 0 Å². The number of nitrogens with zero attached hydrogens (tertiary/aromatic N) is 2. The highest BCUT2D eigenvalue weighted by Gasteiger charge is 2.20. The first-order chi connectivity index (χ1) is 11.9. The van der Waals surface area contributed by atoms with Crippen LogP contribution in [0, 0.1) is 13.8 Å². The van der Waals surface area contributed by atoms with Crippen molar-refractivity contribution >= 4 is 15.8 Å². The first-order valence-electron chi connectivity index (χ1n) is 7.82. The van der Waals surface area contributed by atoms with Gasteiger partial charge < -0.3 is 0 Å². The number of aryl methyl sites for hydroxylation is 1. The zero-order chi connectivity index (χ0) is 18.0. The van der Waals surface area contributed by atoms with Crippen molar-refractivity contribution in [1.29, 1.82) is 0 Å². The summed E-state index contributed by atoms with van der Waals surface area (Å²) in [5.41, 5.74) is 2.64. The minimum atomic E-state index is -3.68. The van der Waals surface area contributed by atoms with E-state index < -0.39 is 10.0 Å². The lowest BCUT2D eigenvalue weighted by Crippen LogP contribution is -2.13. The van der Waals surface area contributed by atoms with E-state index in [0.29, 0.717) is 11.3 Å². The lowest BCUT2D eigenvalue weighted by molar-refractivity contribution is 0.0988. The van der Waals surface area contributed by atoms with Gasteiger partial charge in [0, 0.05) is 25.0 Å². The van der Waals surface area contributed by atoms with Crippen LogP contribution in [0.1, 0.15) is 27.2 Å². The van der Waals surface area contributed by atoms with E-state index in [-0.39, 0.29) is 17.1 Å². The molecule has 0 aliphatic carbocycles. The van der Waals surface area contributed by atoms with Gasteiger partial charge in [0.05, 0.1) is 4.90 Å². The second-order valence-electron chi connectivity index (χ2n) is 5.87. The third kappa shape index (κ3) is 3.39. The van der Waals surface area contributed by atoms with E-state index in [4.69, 9.17) is 0 Å². The third-order valence-corrected chi connectivity index (χ3v) is 5.93. The van der Waals surface area contributed by atoms with Gasteiger partial charge in [-0.2, -0.15) is 0 Å². The van der Waals surface area contributed by atoms with Gasteiger partial charge in [-0.3, -0.25) is 9.78 Å². The molecule has 0 unspecified atom stereocenters. The smallest absolute Gasteiger partial charge is 0.267 e. The van der Waals surface area contributed by atoms with Gasteiger partial charge in [0.1, 0.15) is 5.69 Å². The number of Topliss-reactive ketones (excluding diaryl/α,β-unsaturated/α-hetero) is 1. The largest absolute Gasteiger partial charge is 0.292 e. The minimum Gasteiger partial charge on any atom is -0.292 e. The molecule has 0 aliphatic rings. The molecule has 1 aromatic carbocycles. The number of hydrogen-bond acceptors (Lipinski definition) is 4. The van der Waals surface area contributed by atoms with Crippen molar-refractivity contribution in [2.24, 2.45) is 0 Å². The molecule has 25 heavy (non-hydrogen) atoms. The number of ketones is 1. The predicted molar refractivity (Wildman–Crippen MR) is 95.2 cm³/mol. The van der Waals surface area contributed by atoms with Crippen LogP contribution in [0.15, 0.2) is 66.0 Å². The third-order valence-electron chi connectivity index (χ3n) is 4.15. The Kier molecular flexibility index (Phi) is 4.55. The molecular weight excluding hydrogens is 336 g/mol. The van der Waals surface area contributed by atoms with Gasteiger partial charge in [0.2, 0.25) is 0 Å². The Morgan fingerprint density at radius 1 is 1.08 bits per heavy atom. The van der Waals surface area contributed by atoms with E-state index in [0.717, 1.165) is 15.1 Å². The summed E-state index contributed by atoms with van der Waals surface area (Å²) in [6.07, 6.45) is 4.62. The SMILES string of the molecule is Cc1cccc(S(=O)(=O)n2ccc(CC(=O)c3ccccn3)c2)c1C. The Bertz CT molecular complexity index is 1020. The molecule has 0 bridgehead atoms. The van der Waals surface area contributed by atoms with E-state index in [1.165, 1.54) is 12.4 Å². The summed E-state index contributed by atoms with van der Waals surface area (Å²) < 4.78 is 26.8. The highest BCUT2D eigenvalue weighted by atomic mass is 32.2. The normalized spacial score (nSPS) is 11.4. The number of rotatable bonds is 5. The molecule has 0 atom stereocenters. The Labute approximate surface area is 147 Å². The molecule has 6 heteroatoms. The topological polar surface area (TPSA) is 69.0 Å². The summed E-state index contributed by atoms with van der Waals surface area (Å²) in [6, 6.07) is 12.0. The van der Waals surface area contributed by atoms with Crippen LogP contribution in [-0.4, -0.2) is 23.2 Å². The predicted octanol–water partition coefficient (Wildman–Crippen LogP) is 3.16. The number of hydrogen-bond donors (Lipinski definition) is 0. The van der Waals surface area contributed by atoms with Crippen molar-refractivity contribution in [1.82, 2.24) is 8.96 Å². The second-order valence-corrected chi connectivity index (χ2v) is 7.68. The van der Waals surface area contributed by atoms with Crippen molar-refractivity contribution in [3.63, 3.8) is 0 Å². The maximum absolute atomic E-state index is 12.8. The zero-order valence-corrected chi connectivity index (χ0v) is 14.8. The fraction of sp³-hybridized carbons (Fsp3) is 0.158. The highest BCUT2D eigenvalue weighted by Crippen LogP contribution is 2.22. The minimum absolute atomic E-state index is 0.104. The van der Waals surface area contributed by atoms with E-state index in [9.17, 15) is 13.2 Å². The summed E-state index contributed by atoms with van der Waals surface area (Å²) in [6.45, 7) is 3.66. The number of benzene rings is 1. The van der Waals surface area contributed by atoms with Crippen LogP contribution in [0.25, 0.3) is 0 Å². The molecule has 0 aliphatic heterocycles. The quantitative estimate of drug-likeness (QED) is 0.660. The van der Waals surface area contributed by atoms with Gasteiger partial charge in [0.25, 0.3) is 10.0 Å². The average molecular weight is 354 g/mol. The van der Waals surface area contributed by atoms with Crippen molar-refractivity contribution in [3.8, 4) is 0 Å². The van der Waals surface area contributed by atoms with Gasteiger partial charge >= 0.3 is 0 Å². The maximum atomic E-state index is 12.8. The summed E-state index contributed by atoms with van der Waals surface area (Å²) in [4.78, 5) is 16.5. The van der Waals surface area contributed by atoms with E-state index in [1.54, 1.807) is 49.5 Å². The number of pyridine rings is 1. The Hall–Kier alpha value is -2.73. The lowest BCUT2D eigenvalue weighted by Gasteiger charge is -2.10. The summed E-state index contributed by atoms with van der Waals surface area (Å²) in [5, 5.41) is 0. The molecule has 0 saturated heterocycles. The molecule has 5 nitrogen and oxygen atoms in total. The first-order valence-corrected chi connectivity index (χ1v) is 9.26. The van der Waals surface area contributed by atoms with Gasteiger partial charge in [-0.15, -0.1) is 0 Å². The van der Waals surface area contributed by atoms with Crippen LogP contribution in [0.4, 0.5) is 0 Å². The summed E-state index contributed by atoms with van der Waals surface area (Å²) in [5.74, 6) is -0.150. The fourth-order valence-electron chi connectivity index (χ4n) is 2.59. The van der Waals surface area contributed by atoms with Gasteiger partial charge in [0.15, 0.2) is 5.78 Å². The Morgan fingerprint density at radius 2 is 1.88 bits per heavy atom. The van der Waals surface area contributed by atoms with Crippen molar-refractivity contribution in [3.05, 3.63) is 83.4 Å². The van der Waals surface area contributed by atoms with Crippen LogP contribution in [-0.2, 0) is 16.4 Å². The number of aromatic nitrogens is 2. The van der Waals surface area contributed by atoms with E-state index in [1.807, 2.05) is 13.0 Å². The van der Waals surface area contributed by atoms with Crippen LogP contribution in [0.5, 0.6) is 0 Å². The monoisotopic (exact) mass is 354 g/mol. The standard InChI is InChI=1S/C19H18N2O3S/c1-14-6-5-8-19(15(14)2)25(23,24)21-11-9-16(13-21)12-18(22)17-7-3-4-10-20-17/h3-11,13H,12H2,1-2H3. The summed E-state index contributed by atoms with van der Waals surface area (Å²) >= 11 is 0. The summed E-state index contributed by atoms with van der Waals surface area (Å²) in [7, 11) is -3.68. The molecule has 3 rings (SSSR count). The lowest BCUT2D eigenvalue weighted by atomic mass is 10.1. The van der Waals surface area contributed by atoms with Gasteiger partial charge in [-0.05, 0) is 54.8 Å².